The second-order valence-electron chi connectivity index (χ2n) is 4.26. The van der Waals surface area contributed by atoms with Gasteiger partial charge in [-0.25, -0.2) is 0 Å². The Morgan fingerprint density at radius 2 is 2.13 bits per heavy atom. The van der Waals surface area contributed by atoms with Crippen LogP contribution in [0.25, 0.3) is 0 Å². The molecule has 0 amide bonds. The smallest absolute Gasteiger partial charge is 0.213 e. The van der Waals surface area contributed by atoms with Crippen LogP contribution in [0.4, 0.5) is 0 Å². The number of hydrogen-bond acceptors (Lipinski definition) is 4. The fraction of sp³-hybridized carbons (Fsp3) is 0.818. The molecule has 1 saturated carbocycles. The zero-order valence-electron chi connectivity index (χ0n) is 9.92. The van der Waals surface area contributed by atoms with Gasteiger partial charge in [-0.1, -0.05) is 38.3 Å². The molecular formula is C11H21N3O. The lowest BCUT2D eigenvalue weighted by atomic mass is 9.87. The summed E-state index contributed by atoms with van der Waals surface area (Å²) >= 11 is 0. The van der Waals surface area contributed by atoms with E-state index < -0.39 is 0 Å². The van der Waals surface area contributed by atoms with Crippen molar-refractivity contribution >= 4 is 0 Å². The SMILES string of the molecule is C1CC1.CCC(C)(CNC)c1ncon1. The molecule has 15 heavy (non-hydrogen) atoms. The summed E-state index contributed by atoms with van der Waals surface area (Å²) < 4.78 is 4.72. The molecule has 1 aliphatic carbocycles. The van der Waals surface area contributed by atoms with Gasteiger partial charge in [0.2, 0.25) is 6.39 Å². The van der Waals surface area contributed by atoms with E-state index in [0.717, 1.165) is 18.8 Å². The molecule has 1 fully saturated rings. The molecule has 0 aromatic carbocycles. The van der Waals surface area contributed by atoms with Crippen molar-refractivity contribution < 1.29 is 4.52 Å². The standard InChI is InChI=1S/C8H15N3O.C3H6/c1-4-8(2,5-9-3)7-10-6-12-11-7;1-2-3-1/h6,9H,4-5H2,1-3H3;1-3H2. The van der Waals surface area contributed by atoms with E-state index in [-0.39, 0.29) is 5.41 Å². The number of hydrogen-bond donors (Lipinski definition) is 1. The first kappa shape index (κ1) is 12.2. The van der Waals surface area contributed by atoms with Gasteiger partial charge in [0.15, 0.2) is 5.82 Å². The molecule has 1 aliphatic rings. The first-order valence-electron chi connectivity index (χ1n) is 5.64. The van der Waals surface area contributed by atoms with E-state index in [1.54, 1.807) is 0 Å². The Bertz CT molecular complexity index is 256. The van der Waals surface area contributed by atoms with Crippen molar-refractivity contribution in [3.8, 4) is 0 Å². The average Bonchev–Trinajstić information content (AvgIpc) is 3.02. The fourth-order valence-corrected chi connectivity index (χ4v) is 1.19. The van der Waals surface area contributed by atoms with E-state index >= 15 is 0 Å². The van der Waals surface area contributed by atoms with Crippen molar-refractivity contribution in [1.29, 1.82) is 0 Å². The minimum Gasteiger partial charge on any atom is -0.343 e. The van der Waals surface area contributed by atoms with Crippen molar-refractivity contribution in [2.45, 2.75) is 44.9 Å². The number of nitrogens with one attached hydrogen (secondary N) is 1. The summed E-state index contributed by atoms with van der Waals surface area (Å²) in [5.41, 5.74) is -0.0122. The zero-order valence-corrected chi connectivity index (χ0v) is 9.92. The highest BCUT2D eigenvalue weighted by atomic mass is 16.5. The summed E-state index contributed by atoms with van der Waals surface area (Å²) in [6.45, 7) is 5.10. The van der Waals surface area contributed by atoms with Gasteiger partial charge in [0.05, 0.1) is 0 Å². The van der Waals surface area contributed by atoms with E-state index in [9.17, 15) is 0 Å². The molecule has 1 aromatic rings. The maximum Gasteiger partial charge on any atom is 0.213 e. The monoisotopic (exact) mass is 211 g/mol. The highest BCUT2D eigenvalue weighted by Gasteiger charge is 2.28. The second kappa shape index (κ2) is 5.85. The third-order valence-corrected chi connectivity index (χ3v) is 2.60. The van der Waals surface area contributed by atoms with Crippen LogP contribution in [0, 0.1) is 0 Å². The Kier molecular flexibility index (Phi) is 4.75. The zero-order chi connectivity index (χ0) is 11.1. The predicted molar refractivity (Wildman–Crippen MR) is 59.7 cm³/mol. The lowest BCUT2D eigenvalue weighted by Gasteiger charge is -2.23. The molecule has 1 aromatic heterocycles. The molecule has 1 N–H and O–H groups in total. The molecule has 2 rings (SSSR count). The first-order chi connectivity index (χ1) is 7.23. The summed E-state index contributed by atoms with van der Waals surface area (Å²) in [5, 5.41) is 6.98. The van der Waals surface area contributed by atoms with Gasteiger partial charge in [0.25, 0.3) is 0 Å². The van der Waals surface area contributed by atoms with Gasteiger partial charge in [-0.05, 0) is 13.5 Å². The third kappa shape index (κ3) is 4.00. The van der Waals surface area contributed by atoms with Gasteiger partial charge < -0.3 is 9.84 Å². The number of aromatic nitrogens is 2. The van der Waals surface area contributed by atoms with Crippen molar-refractivity contribution in [2.75, 3.05) is 13.6 Å². The Balaban J connectivity index is 0.000000319. The Hall–Kier alpha value is -0.900. The normalized spacial score (nSPS) is 17.5. The summed E-state index contributed by atoms with van der Waals surface area (Å²) in [5.74, 6) is 0.777. The number of nitrogens with zero attached hydrogens (tertiary/aromatic N) is 2. The van der Waals surface area contributed by atoms with Gasteiger partial charge in [-0.3, -0.25) is 0 Å². The van der Waals surface area contributed by atoms with Crippen molar-refractivity contribution in [3.63, 3.8) is 0 Å². The Morgan fingerprint density at radius 3 is 2.47 bits per heavy atom. The van der Waals surface area contributed by atoms with Crippen molar-refractivity contribution in [3.05, 3.63) is 12.2 Å². The minimum atomic E-state index is -0.0122. The molecule has 1 atom stereocenters. The molecule has 1 unspecified atom stereocenters. The third-order valence-electron chi connectivity index (χ3n) is 2.60. The maximum absolute atomic E-state index is 4.72. The molecule has 1 heterocycles. The number of likely N-dealkylation sites (N-methyl/N-ethyl adjacent to an activating group) is 1. The molecule has 0 bridgehead atoms. The van der Waals surface area contributed by atoms with Gasteiger partial charge >= 0.3 is 0 Å². The van der Waals surface area contributed by atoms with Gasteiger partial charge in [0, 0.05) is 12.0 Å². The van der Waals surface area contributed by atoms with Crippen LogP contribution in [0.3, 0.4) is 0 Å². The summed E-state index contributed by atoms with van der Waals surface area (Å²) in [7, 11) is 1.92. The first-order valence-corrected chi connectivity index (χ1v) is 5.64. The Morgan fingerprint density at radius 1 is 1.47 bits per heavy atom. The van der Waals surface area contributed by atoms with Crippen LogP contribution >= 0.6 is 0 Å². The highest BCUT2D eigenvalue weighted by Crippen LogP contribution is 2.22. The van der Waals surface area contributed by atoms with Crippen LogP contribution < -0.4 is 5.32 Å². The molecule has 0 saturated heterocycles. The summed E-state index contributed by atoms with van der Waals surface area (Å²) in [6, 6.07) is 0. The topological polar surface area (TPSA) is 51.0 Å². The fourth-order valence-electron chi connectivity index (χ4n) is 1.19. The molecule has 86 valence electrons. The van der Waals surface area contributed by atoms with Crippen molar-refractivity contribution in [2.24, 2.45) is 0 Å². The maximum atomic E-state index is 4.72. The van der Waals surface area contributed by atoms with E-state index in [1.165, 1.54) is 25.7 Å². The Labute approximate surface area is 91.5 Å². The van der Waals surface area contributed by atoms with Crippen LogP contribution in [0.15, 0.2) is 10.9 Å². The van der Waals surface area contributed by atoms with E-state index in [2.05, 4.69) is 29.3 Å². The molecule has 4 heteroatoms. The van der Waals surface area contributed by atoms with E-state index in [0.29, 0.717) is 0 Å². The van der Waals surface area contributed by atoms with Crippen molar-refractivity contribution in [1.82, 2.24) is 15.5 Å². The van der Waals surface area contributed by atoms with Crippen LogP contribution in [-0.2, 0) is 5.41 Å². The van der Waals surface area contributed by atoms with Crippen LogP contribution in [-0.4, -0.2) is 23.7 Å². The molecule has 0 spiro atoms. The van der Waals surface area contributed by atoms with Gasteiger partial charge in [-0.15, -0.1) is 0 Å². The van der Waals surface area contributed by atoms with Crippen LogP contribution in [0.2, 0.25) is 0 Å². The summed E-state index contributed by atoms with van der Waals surface area (Å²) in [6.07, 6.45) is 6.87. The average molecular weight is 211 g/mol. The van der Waals surface area contributed by atoms with E-state index in [1.807, 2.05) is 7.05 Å². The van der Waals surface area contributed by atoms with Crippen LogP contribution in [0.1, 0.15) is 45.4 Å². The molecule has 0 aliphatic heterocycles. The van der Waals surface area contributed by atoms with Gasteiger partial charge in [-0.2, -0.15) is 4.98 Å². The predicted octanol–water partition coefficient (Wildman–Crippen LogP) is 2.13. The second-order valence-corrected chi connectivity index (χ2v) is 4.26. The van der Waals surface area contributed by atoms with Crippen LogP contribution in [0.5, 0.6) is 0 Å². The minimum absolute atomic E-state index is 0.0122. The lowest BCUT2D eigenvalue weighted by molar-refractivity contribution is 0.360. The molecule has 0 radical (unpaired) electrons. The molecule has 4 nitrogen and oxygen atoms in total. The summed E-state index contributed by atoms with van der Waals surface area (Å²) in [4.78, 5) is 4.06. The van der Waals surface area contributed by atoms with Gasteiger partial charge in [0.1, 0.15) is 0 Å². The molecular weight excluding hydrogens is 190 g/mol. The quantitative estimate of drug-likeness (QED) is 0.829. The van der Waals surface area contributed by atoms with E-state index in [4.69, 9.17) is 4.52 Å². The highest BCUT2D eigenvalue weighted by molar-refractivity contribution is 5.03. The lowest BCUT2D eigenvalue weighted by Crippen LogP contribution is -2.34. The largest absolute Gasteiger partial charge is 0.343 e. The number of rotatable bonds is 4.